The van der Waals surface area contributed by atoms with Gasteiger partial charge in [-0.1, -0.05) is 23.7 Å². The summed E-state index contributed by atoms with van der Waals surface area (Å²) < 4.78 is 5.76. The molecule has 4 heteroatoms. The van der Waals surface area contributed by atoms with Gasteiger partial charge >= 0.3 is 0 Å². The molecule has 0 bridgehead atoms. The van der Waals surface area contributed by atoms with Crippen LogP contribution < -0.4 is 10.1 Å². The molecule has 2 nitrogen and oxygen atoms in total. The van der Waals surface area contributed by atoms with Crippen LogP contribution in [0.25, 0.3) is 0 Å². The van der Waals surface area contributed by atoms with Gasteiger partial charge in [0.25, 0.3) is 0 Å². The van der Waals surface area contributed by atoms with Crippen LogP contribution in [0.1, 0.15) is 34.5 Å². The van der Waals surface area contributed by atoms with Gasteiger partial charge in [-0.2, -0.15) is 0 Å². The van der Waals surface area contributed by atoms with Crippen molar-refractivity contribution in [3.63, 3.8) is 0 Å². The summed E-state index contributed by atoms with van der Waals surface area (Å²) in [5.74, 6) is 1.02. The Morgan fingerprint density at radius 1 is 1.45 bits per heavy atom. The Balaban J connectivity index is 1.99. The molecule has 2 unspecified atom stereocenters. The molecule has 2 heterocycles. The largest absolute Gasteiger partial charge is 0.490 e. The number of hydrogen-bond donors (Lipinski definition) is 1. The zero-order chi connectivity index (χ0) is 14.3. The van der Waals surface area contributed by atoms with Crippen LogP contribution in [0, 0.1) is 6.92 Å². The second-order valence-corrected chi connectivity index (χ2v) is 6.61. The van der Waals surface area contributed by atoms with E-state index >= 15 is 0 Å². The van der Waals surface area contributed by atoms with E-state index < -0.39 is 0 Å². The van der Waals surface area contributed by atoms with Gasteiger partial charge in [0.2, 0.25) is 0 Å². The normalized spacial score (nSPS) is 18.7. The smallest absolute Gasteiger partial charge is 0.123 e. The summed E-state index contributed by atoms with van der Waals surface area (Å²) in [5, 5.41) is 6.36. The highest BCUT2D eigenvalue weighted by atomic mass is 35.5. The van der Waals surface area contributed by atoms with Crippen molar-refractivity contribution < 1.29 is 4.74 Å². The van der Waals surface area contributed by atoms with Gasteiger partial charge in [0, 0.05) is 11.3 Å². The highest BCUT2D eigenvalue weighted by Gasteiger charge is 2.23. The molecule has 0 radical (unpaired) electrons. The van der Waals surface area contributed by atoms with E-state index in [-0.39, 0.29) is 12.1 Å². The molecule has 0 amide bonds. The molecule has 2 aromatic rings. The van der Waals surface area contributed by atoms with Crippen LogP contribution in [0.5, 0.6) is 5.75 Å². The molecule has 1 aromatic heterocycles. The van der Waals surface area contributed by atoms with E-state index in [1.54, 1.807) is 11.3 Å². The third-order valence-corrected chi connectivity index (χ3v) is 5.51. The maximum atomic E-state index is 6.42. The van der Waals surface area contributed by atoms with Crippen LogP contribution in [0.2, 0.25) is 5.02 Å². The van der Waals surface area contributed by atoms with Crippen LogP contribution in [0.3, 0.4) is 0 Å². The quantitative estimate of drug-likeness (QED) is 0.910. The lowest BCUT2D eigenvalue weighted by atomic mass is 10.0. The molecule has 106 valence electrons. The standard InChI is InChI=1S/C16H18ClNOS/c1-9-8-20-16(14(9)17)15(18-3)11-4-5-13-12(7-11)6-10(2)19-13/h4-5,7-8,10,15,18H,6H2,1-3H3. The number of aryl methyl sites for hydroxylation is 1. The van der Waals surface area contributed by atoms with Gasteiger partial charge in [-0.05, 0) is 49.0 Å². The van der Waals surface area contributed by atoms with E-state index in [0.717, 1.165) is 22.8 Å². The molecule has 1 aromatic carbocycles. The Kier molecular flexibility index (Phi) is 3.76. The SMILES string of the molecule is CNC(c1ccc2c(c1)CC(C)O2)c1scc(C)c1Cl. The van der Waals surface area contributed by atoms with Gasteiger partial charge in [-0.15, -0.1) is 11.3 Å². The Hall–Kier alpha value is -1.03. The number of fused-ring (bicyclic) bond motifs is 1. The number of nitrogens with one attached hydrogen (secondary N) is 1. The van der Waals surface area contributed by atoms with Gasteiger partial charge in [-0.25, -0.2) is 0 Å². The van der Waals surface area contributed by atoms with Crippen LogP contribution in [-0.4, -0.2) is 13.2 Å². The predicted octanol–water partition coefficient (Wildman–Crippen LogP) is 4.34. The van der Waals surface area contributed by atoms with Crippen LogP contribution in [0.4, 0.5) is 0 Å². The fourth-order valence-electron chi connectivity index (χ4n) is 2.72. The zero-order valence-corrected chi connectivity index (χ0v) is 13.4. The maximum absolute atomic E-state index is 6.42. The summed E-state index contributed by atoms with van der Waals surface area (Å²) in [6, 6.07) is 6.59. The number of ether oxygens (including phenoxy) is 1. The Morgan fingerprint density at radius 2 is 2.25 bits per heavy atom. The minimum absolute atomic E-state index is 0.141. The van der Waals surface area contributed by atoms with Crippen molar-refractivity contribution in [1.82, 2.24) is 5.32 Å². The van der Waals surface area contributed by atoms with E-state index in [4.69, 9.17) is 16.3 Å². The van der Waals surface area contributed by atoms with Crippen molar-refractivity contribution in [1.29, 1.82) is 0 Å². The van der Waals surface area contributed by atoms with E-state index in [0.29, 0.717) is 0 Å². The lowest BCUT2D eigenvalue weighted by Crippen LogP contribution is -2.17. The molecular weight excluding hydrogens is 290 g/mol. The fourth-order valence-corrected chi connectivity index (χ4v) is 4.15. The molecule has 1 aliphatic rings. The summed E-state index contributed by atoms with van der Waals surface area (Å²) in [4.78, 5) is 1.18. The second kappa shape index (κ2) is 5.40. The van der Waals surface area contributed by atoms with Crippen molar-refractivity contribution in [2.75, 3.05) is 7.05 Å². The molecule has 0 fully saturated rings. The van der Waals surface area contributed by atoms with Crippen LogP contribution >= 0.6 is 22.9 Å². The van der Waals surface area contributed by atoms with Crippen molar-refractivity contribution in [2.24, 2.45) is 0 Å². The Morgan fingerprint density at radius 3 is 2.90 bits per heavy atom. The lowest BCUT2D eigenvalue weighted by molar-refractivity contribution is 0.254. The number of rotatable bonds is 3. The fraction of sp³-hybridized carbons (Fsp3) is 0.375. The van der Waals surface area contributed by atoms with Crippen molar-refractivity contribution >= 4 is 22.9 Å². The summed E-state index contributed by atoms with van der Waals surface area (Å²) in [7, 11) is 1.97. The van der Waals surface area contributed by atoms with Gasteiger partial charge in [-0.3, -0.25) is 0 Å². The average Bonchev–Trinajstić information content (AvgIpc) is 2.95. The zero-order valence-electron chi connectivity index (χ0n) is 11.9. The van der Waals surface area contributed by atoms with Gasteiger partial charge in [0.1, 0.15) is 11.9 Å². The number of thiophene rings is 1. The van der Waals surface area contributed by atoms with E-state index in [1.165, 1.54) is 16.0 Å². The minimum atomic E-state index is 0.141. The monoisotopic (exact) mass is 307 g/mol. The third kappa shape index (κ3) is 2.34. The highest BCUT2D eigenvalue weighted by Crippen LogP contribution is 2.38. The van der Waals surface area contributed by atoms with Crippen molar-refractivity contribution in [3.05, 3.63) is 50.2 Å². The van der Waals surface area contributed by atoms with Gasteiger partial charge < -0.3 is 10.1 Å². The molecule has 0 spiro atoms. The molecule has 2 atom stereocenters. The first-order valence-corrected chi connectivity index (χ1v) is 8.06. The molecule has 3 rings (SSSR count). The maximum Gasteiger partial charge on any atom is 0.123 e. The number of halogens is 1. The third-order valence-electron chi connectivity index (χ3n) is 3.73. The molecule has 20 heavy (non-hydrogen) atoms. The minimum Gasteiger partial charge on any atom is -0.490 e. The Labute approximate surface area is 128 Å². The summed E-state index contributed by atoms with van der Waals surface area (Å²) in [6.07, 6.45) is 1.26. The van der Waals surface area contributed by atoms with Crippen LogP contribution in [0.15, 0.2) is 23.6 Å². The summed E-state index contributed by atoms with van der Waals surface area (Å²) in [5.41, 5.74) is 3.68. The average molecular weight is 308 g/mol. The van der Waals surface area contributed by atoms with E-state index in [9.17, 15) is 0 Å². The first-order chi connectivity index (χ1) is 9.60. The molecular formula is C16H18ClNOS. The highest BCUT2D eigenvalue weighted by molar-refractivity contribution is 7.10. The summed E-state index contributed by atoms with van der Waals surface area (Å²) in [6.45, 7) is 4.15. The van der Waals surface area contributed by atoms with Gasteiger partial charge in [0.05, 0.1) is 11.1 Å². The van der Waals surface area contributed by atoms with Crippen molar-refractivity contribution in [2.45, 2.75) is 32.4 Å². The molecule has 0 saturated carbocycles. The first-order valence-electron chi connectivity index (χ1n) is 6.80. The van der Waals surface area contributed by atoms with Gasteiger partial charge in [0.15, 0.2) is 0 Å². The van der Waals surface area contributed by atoms with E-state index in [1.807, 2.05) is 14.0 Å². The molecule has 1 N–H and O–H groups in total. The second-order valence-electron chi connectivity index (χ2n) is 5.32. The predicted molar refractivity (Wildman–Crippen MR) is 85.2 cm³/mol. The molecule has 1 aliphatic heterocycles. The van der Waals surface area contributed by atoms with Crippen LogP contribution in [-0.2, 0) is 6.42 Å². The number of benzene rings is 1. The lowest BCUT2D eigenvalue weighted by Gasteiger charge is -2.17. The first kappa shape index (κ1) is 13.9. The molecule has 0 saturated heterocycles. The van der Waals surface area contributed by atoms with Crippen molar-refractivity contribution in [3.8, 4) is 5.75 Å². The number of hydrogen-bond acceptors (Lipinski definition) is 3. The summed E-state index contributed by atoms with van der Waals surface area (Å²) >= 11 is 8.13. The topological polar surface area (TPSA) is 21.3 Å². The Bertz CT molecular complexity index is 637. The van der Waals surface area contributed by atoms with E-state index in [2.05, 4.69) is 35.8 Å². The molecule has 0 aliphatic carbocycles.